The molecule has 8 heteroatoms. The standard InChI is InChI=1S/C14H18N4O4/c1-17(2)13(19)8-15-11-6-3-9(7-12(11)18(21)22)14(20)16-10-4-5-10/h3,6-7,10,15H,4-5,8H2,1-2H3,(H,16,20). The van der Waals surface area contributed by atoms with Crippen LogP contribution in [0.5, 0.6) is 0 Å². The number of hydrogen-bond acceptors (Lipinski definition) is 5. The summed E-state index contributed by atoms with van der Waals surface area (Å²) >= 11 is 0. The zero-order valence-corrected chi connectivity index (χ0v) is 12.5. The average molecular weight is 306 g/mol. The van der Waals surface area contributed by atoms with Crippen molar-refractivity contribution in [1.82, 2.24) is 10.2 Å². The SMILES string of the molecule is CN(C)C(=O)CNc1ccc(C(=O)NC2CC2)cc1[N+](=O)[O-]. The van der Waals surface area contributed by atoms with E-state index in [-0.39, 0.29) is 41.3 Å². The van der Waals surface area contributed by atoms with Gasteiger partial charge in [0.15, 0.2) is 0 Å². The molecule has 2 amide bonds. The van der Waals surface area contributed by atoms with Gasteiger partial charge in [0.05, 0.1) is 11.5 Å². The van der Waals surface area contributed by atoms with Gasteiger partial charge in [-0.3, -0.25) is 19.7 Å². The Kier molecular flexibility index (Phi) is 4.59. The van der Waals surface area contributed by atoms with Gasteiger partial charge >= 0.3 is 0 Å². The first kappa shape index (κ1) is 15.7. The van der Waals surface area contributed by atoms with E-state index in [1.54, 1.807) is 14.1 Å². The second kappa shape index (κ2) is 6.42. The summed E-state index contributed by atoms with van der Waals surface area (Å²) in [6.07, 6.45) is 1.89. The van der Waals surface area contributed by atoms with E-state index >= 15 is 0 Å². The Bertz CT molecular complexity index is 611. The van der Waals surface area contributed by atoms with Crippen LogP contribution in [0.25, 0.3) is 0 Å². The molecule has 0 bridgehead atoms. The molecule has 1 aromatic rings. The molecular weight excluding hydrogens is 288 g/mol. The fourth-order valence-corrected chi connectivity index (χ4v) is 1.80. The molecule has 1 aliphatic rings. The number of nitro benzene ring substituents is 1. The normalized spacial score (nSPS) is 13.4. The molecule has 2 N–H and O–H groups in total. The number of rotatable bonds is 6. The molecule has 0 aromatic heterocycles. The first-order valence-electron chi connectivity index (χ1n) is 6.92. The molecule has 22 heavy (non-hydrogen) atoms. The number of carbonyl (C=O) groups is 2. The number of amides is 2. The Morgan fingerprint density at radius 2 is 2.05 bits per heavy atom. The topological polar surface area (TPSA) is 105 Å². The average Bonchev–Trinajstić information content (AvgIpc) is 3.28. The van der Waals surface area contributed by atoms with Crippen LogP contribution in [0, 0.1) is 10.1 Å². The van der Waals surface area contributed by atoms with Crippen molar-refractivity contribution in [3.8, 4) is 0 Å². The number of nitrogens with zero attached hydrogens (tertiary/aromatic N) is 2. The van der Waals surface area contributed by atoms with Gasteiger partial charge < -0.3 is 15.5 Å². The lowest BCUT2D eigenvalue weighted by molar-refractivity contribution is -0.384. The summed E-state index contributed by atoms with van der Waals surface area (Å²) < 4.78 is 0. The minimum Gasteiger partial charge on any atom is -0.371 e. The Hall–Kier alpha value is -2.64. The highest BCUT2D eigenvalue weighted by atomic mass is 16.6. The van der Waals surface area contributed by atoms with Gasteiger partial charge in [0, 0.05) is 31.8 Å². The van der Waals surface area contributed by atoms with E-state index in [9.17, 15) is 19.7 Å². The van der Waals surface area contributed by atoms with E-state index < -0.39 is 4.92 Å². The van der Waals surface area contributed by atoms with Gasteiger partial charge in [0.2, 0.25) is 5.91 Å². The fraction of sp³-hybridized carbons (Fsp3) is 0.429. The van der Waals surface area contributed by atoms with Crippen LogP contribution < -0.4 is 10.6 Å². The smallest absolute Gasteiger partial charge is 0.293 e. The van der Waals surface area contributed by atoms with Crippen molar-refractivity contribution < 1.29 is 14.5 Å². The first-order valence-corrected chi connectivity index (χ1v) is 6.92. The summed E-state index contributed by atoms with van der Waals surface area (Å²) in [5.41, 5.74) is 0.223. The first-order chi connectivity index (χ1) is 10.4. The molecule has 118 valence electrons. The van der Waals surface area contributed by atoms with Crippen LogP contribution in [0.1, 0.15) is 23.2 Å². The molecule has 0 heterocycles. The zero-order chi connectivity index (χ0) is 16.3. The molecule has 0 aliphatic heterocycles. The molecule has 1 saturated carbocycles. The van der Waals surface area contributed by atoms with Gasteiger partial charge in [-0.1, -0.05) is 0 Å². The third-order valence-corrected chi connectivity index (χ3v) is 3.30. The number of likely N-dealkylation sites (N-methyl/N-ethyl adjacent to an activating group) is 1. The maximum Gasteiger partial charge on any atom is 0.293 e. The van der Waals surface area contributed by atoms with Crippen LogP contribution in [-0.4, -0.2) is 48.3 Å². The lowest BCUT2D eigenvalue weighted by Crippen LogP contribution is -2.29. The minimum absolute atomic E-state index is 0.0541. The maximum atomic E-state index is 11.9. The predicted molar refractivity (Wildman–Crippen MR) is 80.8 cm³/mol. The second-order valence-electron chi connectivity index (χ2n) is 5.38. The summed E-state index contributed by atoms with van der Waals surface area (Å²) in [4.78, 5) is 35.4. The van der Waals surface area contributed by atoms with Gasteiger partial charge in [0.25, 0.3) is 11.6 Å². The molecular formula is C14H18N4O4. The fourth-order valence-electron chi connectivity index (χ4n) is 1.80. The molecule has 0 radical (unpaired) electrons. The van der Waals surface area contributed by atoms with Crippen LogP contribution in [0.15, 0.2) is 18.2 Å². The number of nitrogens with one attached hydrogen (secondary N) is 2. The highest BCUT2D eigenvalue weighted by molar-refractivity contribution is 5.96. The van der Waals surface area contributed by atoms with E-state index in [1.165, 1.54) is 23.1 Å². The van der Waals surface area contributed by atoms with Crippen molar-refractivity contribution in [3.63, 3.8) is 0 Å². The highest BCUT2D eigenvalue weighted by Gasteiger charge is 2.25. The van der Waals surface area contributed by atoms with Gasteiger partial charge in [-0.25, -0.2) is 0 Å². The van der Waals surface area contributed by atoms with Gasteiger partial charge in [-0.05, 0) is 25.0 Å². The van der Waals surface area contributed by atoms with Crippen molar-refractivity contribution in [2.75, 3.05) is 26.0 Å². The number of nitro groups is 1. The van der Waals surface area contributed by atoms with Crippen molar-refractivity contribution >= 4 is 23.2 Å². The maximum absolute atomic E-state index is 11.9. The van der Waals surface area contributed by atoms with E-state index in [2.05, 4.69) is 10.6 Å². The predicted octanol–water partition coefficient (Wildman–Crippen LogP) is 0.987. The minimum atomic E-state index is -0.573. The lowest BCUT2D eigenvalue weighted by Gasteiger charge is -2.12. The number of anilines is 1. The monoisotopic (exact) mass is 306 g/mol. The van der Waals surface area contributed by atoms with E-state index in [4.69, 9.17) is 0 Å². The summed E-state index contributed by atoms with van der Waals surface area (Å²) in [6.45, 7) is -0.0541. The van der Waals surface area contributed by atoms with Gasteiger partial charge in [-0.2, -0.15) is 0 Å². The Balaban J connectivity index is 2.14. The molecule has 8 nitrogen and oxygen atoms in total. The van der Waals surface area contributed by atoms with Crippen molar-refractivity contribution in [2.45, 2.75) is 18.9 Å². The summed E-state index contributed by atoms with van der Waals surface area (Å²) in [5.74, 6) is -0.522. The van der Waals surface area contributed by atoms with Crippen LogP contribution >= 0.6 is 0 Å². The Labute approximate surface area is 127 Å². The third-order valence-electron chi connectivity index (χ3n) is 3.30. The van der Waals surface area contributed by atoms with E-state index in [0.29, 0.717) is 0 Å². The number of hydrogen-bond donors (Lipinski definition) is 2. The molecule has 1 aliphatic carbocycles. The number of benzene rings is 1. The quantitative estimate of drug-likeness (QED) is 0.602. The summed E-state index contributed by atoms with van der Waals surface area (Å²) in [6, 6.07) is 4.36. The number of carbonyl (C=O) groups excluding carboxylic acids is 2. The lowest BCUT2D eigenvalue weighted by atomic mass is 10.1. The summed E-state index contributed by atoms with van der Waals surface area (Å²) in [5, 5.41) is 16.7. The molecule has 0 spiro atoms. The Morgan fingerprint density at radius 1 is 1.36 bits per heavy atom. The molecule has 1 aromatic carbocycles. The molecule has 0 atom stereocenters. The Morgan fingerprint density at radius 3 is 2.59 bits per heavy atom. The third kappa shape index (κ3) is 3.94. The highest BCUT2D eigenvalue weighted by Crippen LogP contribution is 2.26. The van der Waals surface area contributed by atoms with Crippen molar-refractivity contribution in [2.24, 2.45) is 0 Å². The van der Waals surface area contributed by atoms with Crippen LogP contribution in [0.2, 0.25) is 0 Å². The van der Waals surface area contributed by atoms with E-state index in [0.717, 1.165) is 12.8 Å². The van der Waals surface area contributed by atoms with Crippen LogP contribution in [-0.2, 0) is 4.79 Å². The van der Waals surface area contributed by atoms with E-state index in [1.807, 2.05) is 0 Å². The second-order valence-corrected chi connectivity index (χ2v) is 5.38. The van der Waals surface area contributed by atoms with Crippen molar-refractivity contribution in [1.29, 1.82) is 0 Å². The molecule has 1 fully saturated rings. The molecule has 0 unspecified atom stereocenters. The van der Waals surface area contributed by atoms with Crippen LogP contribution in [0.4, 0.5) is 11.4 Å². The van der Waals surface area contributed by atoms with Crippen molar-refractivity contribution in [3.05, 3.63) is 33.9 Å². The van der Waals surface area contributed by atoms with Gasteiger partial charge in [0.1, 0.15) is 5.69 Å². The zero-order valence-electron chi connectivity index (χ0n) is 12.5. The van der Waals surface area contributed by atoms with Crippen LogP contribution in [0.3, 0.4) is 0 Å². The summed E-state index contributed by atoms with van der Waals surface area (Å²) in [7, 11) is 3.20. The largest absolute Gasteiger partial charge is 0.371 e. The molecule has 2 rings (SSSR count). The van der Waals surface area contributed by atoms with Gasteiger partial charge in [-0.15, -0.1) is 0 Å². The molecule has 0 saturated heterocycles.